The van der Waals surface area contributed by atoms with Gasteiger partial charge in [0, 0.05) is 17.2 Å². The van der Waals surface area contributed by atoms with E-state index in [0.717, 1.165) is 4.90 Å². The van der Waals surface area contributed by atoms with E-state index in [9.17, 15) is 24.3 Å². The van der Waals surface area contributed by atoms with Crippen LogP contribution in [0.2, 0.25) is 0 Å². The number of hydrogen-bond donors (Lipinski definition) is 2. The molecule has 7 nitrogen and oxygen atoms in total. The number of carbonyl (C=O) groups excluding carboxylic acids is 3. The van der Waals surface area contributed by atoms with Crippen molar-refractivity contribution in [3.8, 4) is 5.75 Å². The number of anilines is 1. The third kappa shape index (κ3) is 3.04. The van der Waals surface area contributed by atoms with Gasteiger partial charge in [0.05, 0.1) is 22.4 Å². The number of amides is 2. The molecule has 0 fully saturated rings. The molecule has 1 heterocycles. The number of aromatic carboxylic acids is 1. The number of nitrogens with zero attached hydrogens (tertiary/aromatic N) is 1. The minimum Gasteiger partial charge on any atom is -0.508 e. The van der Waals surface area contributed by atoms with Gasteiger partial charge in [-0.2, -0.15) is 0 Å². The molecule has 0 saturated carbocycles. The summed E-state index contributed by atoms with van der Waals surface area (Å²) >= 11 is 0. The third-order valence-electron chi connectivity index (χ3n) is 4.63. The molecule has 29 heavy (non-hydrogen) atoms. The maximum absolute atomic E-state index is 12.8. The van der Waals surface area contributed by atoms with Crippen LogP contribution in [-0.4, -0.2) is 33.8 Å². The molecule has 0 spiro atoms. The first-order valence-electron chi connectivity index (χ1n) is 8.57. The zero-order valence-corrected chi connectivity index (χ0v) is 14.8. The molecule has 1 aliphatic heterocycles. The molecule has 7 heteroatoms. The molecule has 0 saturated heterocycles. The maximum atomic E-state index is 12.8. The Bertz CT molecular complexity index is 1200. The van der Waals surface area contributed by atoms with E-state index in [1.165, 1.54) is 66.7 Å². The SMILES string of the molecule is O=C(O)c1ccc(C(=O)c2ccc3c(c2)C(=O)N(c2cccc(O)c2)C3=O)cc1. The van der Waals surface area contributed by atoms with Crippen LogP contribution < -0.4 is 4.90 Å². The predicted octanol–water partition coefficient (Wildman–Crippen LogP) is 3.12. The fourth-order valence-corrected chi connectivity index (χ4v) is 3.18. The normalized spacial score (nSPS) is 12.8. The van der Waals surface area contributed by atoms with Crippen molar-refractivity contribution in [1.82, 2.24) is 0 Å². The van der Waals surface area contributed by atoms with E-state index < -0.39 is 23.6 Å². The molecule has 3 aromatic rings. The van der Waals surface area contributed by atoms with Gasteiger partial charge in [0.1, 0.15) is 5.75 Å². The summed E-state index contributed by atoms with van der Waals surface area (Å²) in [5, 5.41) is 18.6. The number of benzene rings is 3. The van der Waals surface area contributed by atoms with E-state index in [1.807, 2.05) is 0 Å². The average Bonchev–Trinajstić information content (AvgIpc) is 2.97. The van der Waals surface area contributed by atoms with Gasteiger partial charge in [-0.05, 0) is 36.4 Å². The van der Waals surface area contributed by atoms with Gasteiger partial charge in [0.15, 0.2) is 5.78 Å². The monoisotopic (exact) mass is 387 g/mol. The first-order chi connectivity index (χ1) is 13.9. The molecule has 2 amide bonds. The Kier molecular flexibility index (Phi) is 4.20. The van der Waals surface area contributed by atoms with E-state index in [0.29, 0.717) is 0 Å². The predicted molar refractivity (Wildman–Crippen MR) is 103 cm³/mol. The highest BCUT2D eigenvalue weighted by atomic mass is 16.4. The van der Waals surface area contributed by atoms with Crippen LogP contribution in [-0.2, 0) is 0 Å². The molecular weight excluding hydrogens is 374 g/mol. The Morgan fingerprint density at radius 1 is 0.724 bits per heavy atom. The van der Waals surface area contributed by atoms with Crippen molar-refractivity contribution in [2.24, 2.45) is 0 Å². The Morgan fingerprint density at radius 2 is 1.34 bits per heavy atom. The highest BCUT2D eigenvalue weighted by Gasteiger charge is 2.37. The van der Waals surface area contributed by atoms with Crippen molar-refractivity contribution < 1.29 is 29.4 Å². The van der Waals surface area contributed by atoms with E-state index in [4.69, 9.17) is 5.11 Å². The Balaban J connectivity index is 1.68. The summed E-state index contributed by atoms with van der Waals surface area (Å²) in [6.07, 6.45) is 0. The van der Waals surface area contributed by atoms with Crippen molar-refractivity contribution in [2.45, 2.75) is 0 Å². The standard InChI is InChI=1S/C22H13NO6/c24-16-3-1-2-15(11-16)23-20(26)17-9-8-14(10-18(17)21(23)27)19(25)12-4-6-13(7-5-12)22(28)29/h1-11,24H,(H,28,29). The zero-order valence-electron chi connectivity index (χ0n) is 14.8. The number of rotatable bonds is 4. The van der Waals surface area contributed by atoms with Crippen LogP contribution in [0.1, 0.15) is 47.0 Å². The van der Waals surface area contributed by atoms with Crippen molar-refractivity contribution in [3.63, 3.8) is 0 Å². The highest BCUT2D eigenvalue weighted by Crippen LogP contribution is 2.31. The number of carboxylic acids is 1. The van der Waals surface area contributed by atoms with E-state index in [2.05, 4.69) is 0 Å². The number of phenols is 1. The average molecular weight is 387 g/mol. The van der Waals surface area contributed by atoms with E-state index >= 15 is 0 Å². The number of carbonyl (C=O) groups is 4. The molecular formula is C22H13NO6. The molecule has 4 rings (SSSR count). The minimum absolute atomic E-state index is 0.0537. The topological polar surface area (TPSA) is 112 Å². The van der Waals surface area contributed by atoms with Crippen molar-refractivity contribution >= 4 is 29.3 Å². The van der Waals surface area contributed by atoms with Crippen LogP contribution >= 0.6 is 0 Å². The van der Waals surface area contributed by atoms with Crippen LogP contribution in [0.5, 0.6) is 5.75 Å². The van der Waals surface area contributed by atoms with Gasteiger partial charge < -0.3 is 10.2 Å². The molecule has 0 unspecified atom stereocenters. The van der Waals surface area contributed by atoms with Gasteiger partial charge in [0.2, 0.25) is 0 Å². The molecule has 0 atom stereocenters. The number of hydrogen-bond acceptors (Lipinski definition) is 5. The number of imide groups is 1. The van der Waals surface area contributed by atoms with E-state index in [1.54, 1.807) is 0 Å². The van der Waals surface area contributed by atoms with Crippen LogP contribution in [0.15, 0.2) is 66.7 Å². The molecule has 142 valence electrons. The zero-order chi connectivity index (χ0) is 20.7. The van der Waals surface area contributed by atoms with Gasteiger partial charge in [-0.3, -0.25) is 14.4 Å². The van der Waals surface area contributed by atoms with Crippen molar-refractivity contribution in [1.29, 1.82) is 0 Å². The number of phenolic OH excluding ortho intramolecular Hbond substituents is 1. The maximum Gasteiger partial charge on any atom is 0.335 e. The van der Waals surface area contributed by atoms with Crippen LogP contribution in [0.25, 0.3) is 0 Å². The van der Waals surface area contributed by atoms with Gasteiger partial charge in [0.25, 0.3) is 11.8 Å². The second kappa shape index (κ2) is 6.72. The van der Waals surface area contributed by atoms with Crippen LogP contribution in [0.3, 0.4) is 0 Å². The summed E-state index contributed by atoms with van der Waals surface area (Å²) in [5.74, 6) is -2.72. The van der Waals surface area contributed by atoms with Crippen LogP contribution in [0.4, 0.5) is 5.69 Å². The first kappa shape index (κ1) is 18.1. The lowest BCUT2D eigenvalue weighted by atomic mass is 9.98. The molecule has 3 aromatic carbocycles. The highest BCUT2D eigenvalue weighted by molar-refractivity contribution is 6.35. The quantitative estimate of drug-likeness (QED) is 0.525. The van der Waals surface area contributed by atoms with Gasteiger partial charge in [-0.1, -0.05) is 24.3 Å². The summed E-state index contributed by atoms with van der Waals surface area (Å²) in [7, 11) is 0. The van der Waals surface area contributed by atoms with E-state index in [-0.39, 0.29) is 39.3 Å². The summed E-state index contributed by atoms with van der Waals surface area (Å²) in [6.45, 7) is 0. The Hall–Kier alpha value is -4.26. The number of aromatic hydroxyl groups is 1. The Morgan fingerprint density at radius 3 is 2.00 bits per heavy atom. The third-order valence-corrected chi connectivity index (χ3v) is 4.63. The number of fused-ring (bicyclic) bond motifs is 1. The van der Waals surface area contributed by atoms with Crippen molar-refractivity contribution in [3.05, 3.63) is 94.5 Å². The number of ketones is 1. The second-order valence-electron chi connectivity index (χ2n) is 6.44. The summed E-state index contributed by atoms with van der Waals surface area (Å²) in [4.78, 5) is 50.1. The molecule has 0 radical (unpaired) electrons. The molecule has 0 aliphatic carbocycles. The Labute approximate surface area is 164 Å². The largest absolute Gasteiger partial charge is 0.508 e. The molecule has 0 bridgehead atoms. The minimum atomic E-state index is -1.10. The fourth-order valence-electron chi connectivity index (χ4n) is 3.18. The van der Waals surface area contributed by atoms with Crippen LogP contribution in [0, 0.1) is 0 Å². The summed E-state index contributed by atoms with van der Waals surface area (Å²) in [5.41, 5.74) is 0.996. The fraction of sp³-hybridized carbons (Fsp3) is 0. The molecule has 2 N–H and O–H groups in total. The first-order valence-corrected chi connectivity index (χ1v) is 8.57. The lowest BCUT2D eigenvalue weighted by molar-refractivity contribution is 0.0695. The molecule has 0 aromatic heterocycles. The summed E-state index contributed by atoms with van der Waals surface area (Å²) < 4.78 is 0. The van der Waals surface area contributed by atoms with Crippen molar-refractivity contribution in [2.75, 3.05) is 4.90 Å². The second-order valence-corrected chi connectivity index (χ2v) is 6.44. The summed E-state index contributed by atoms with van der Waals surface area (Å²) in [6, 6.07) is 15.4. The van der Waals surface area contributed by atoms with Gasteiger partial charge in [-0.25, -0.2) is 9.69 Å². The van der Waals surface area contributed by atoms with Gasteiger partial charge in [-0.15, -0.1) is 0 Å². The number of carboxylic acid groups (broad SMARTS) is 1. The molecule has 1 aliphatic rings. The lowest BCUT2D eigenvalue weighted by Crippen LogP contribution is -2.29. The van der Waals surface area contributed by atoms with Gasteiger partial charge >= 0.3 is 5.97 Å². The lowest BCUT2D eigenvalue weighted by Gasteiger charge is -2.13. The smallest absolute Gasteiger partial charge is 0.335 e.